The summed E-state index contributed by atoms with van der Waals surface area (Å²) >= 11 is 0. The Morgan fingerprint density at radius 1 is 1.16 bits per heavy atom. The molecule has 0 heterocycles. The summed E-state index contributed by atoms with van der Waals surface area (Å²) in [6.07, 6.45) is 0. The third-order valence-electron chi connectivity index (χ3n) is 4.06. The van der Waals surface area contributed by atoms with Gasteiger partial charge in [-0.15, -0.1) is 0 Å². The summed E-state index contributed by atoms with van der Waals surface area (Å²) in [4.78, 5) is 2.47. The van der Waals surface area contributed by atoms with Gasteiger partial charge in [-0.05, 0) is 44.9 Å². The quantitative estimate of drug-likeness (QED) is 0.803. The summed E-state index contributed by atoms with van der Waals surface area (Å²) in [5.41, 5.74) is 2.89. The molecule has 1 rings (SSSR count). The van der Waals surface area contributed by atoms with Crippen LogP contribution in [-0.2, 0) is 0 Å². The van der Waals surface area contributed by atoms with E-state index in [1.807, 2.05) is 0 Å². The van der Waals surface area contributed by atoms with Gasteiger partial charge in [0, 0.05) is 24.8 Å². The Morgan fingerprint density at radius 2 is 1.74 bits per heavy atom. The summed E-state index contributed by atoms with van der Waals surface area (Å²) in [7, 11) is 0. The Labute approximate surface area is 119 Å². The fourth-order valence-electron chi connectivity index (χ4n) is 2.35. The van der Waals surface area contributed by atoms with E-state index in [1.54, 1.807) is 0 Å². The third kappa shape index (κ3) is 4.54. The van der Waals surface area contributed by atoms with Crippen LogP contribution in [-0.4, -0.2) is 25.7 Å². The summed E-state index contributed by atoms with van der Waals surface area (Å²) in [6, 6.07) is 9.36. The number of rotatable bonds is 7. The second-order valence-corrected chi connectivity index (χ2v) is 6.12. The molecule has 1 aromatic rings. The largest absolute Gasteiger partial charge is 0.371 e. The molecule has 0 spiro atoms. The second-order valence-electron chi connectivity index (χ2n) is 6.12. The minimum atomic E-state index is 0.247. The van der Waals surface area contributed by atoms with Crippen molar-refractivity contribution in [1.29, 1.82) is 0 Å². The molecule has 1 N–H and O–H groups in total. The second kappa shape index (κ2) is 6.95. The highest BCUT2D eigenvalue weighted by Gasteiger charge is 2.27. The number of anilines is 1. The molecule has 1 unspecified atom stereocenters. The Hall–Kier alpha value is -1.02. The highest BCUT2D eigenvalue weighted by Crippen LogP contribution is 2.25. The molecule has 0 aromatic heterocycles. The molecule has 108 valence electrons. The van der Waals surface area contributed by atoms with Gasteiger partial charge in [0.2, 0.25) is 0 Å². The van der Waals surface area contributed by atoms with Gasteiger partial charge in [-0.1, -0.05) is 38.5 Å². The lowest BCUT2D eigenvalue weighted by Crippen LogP contribution is -2.46. The van der Waals surface area contributed by atoms with Crippen LogP contribution in [0.1, 0.15) is 40.2 Å². The van der Waals surface area contributed by atoms with E-state index in [4.69, 9.17) is 0 Å². The van der Waals surface area contributed by atoms with Crippen molar-refractivity contribution in [1.82, 2.24) is 5.32 Å². The van der Waals surface area contributed by atoms with Crippen LogP contribution in [0, 0.1) is 12.3 Å². The van der Waals surface area contributed by atoms with Crippen LogP contribution in [0.4, 0.5) is 5.69 Å². The predicted octanol–water partition coefficient (Wildman–Crippen LogP) is 3.85. The fourth-order valence-corrected chi connectivity index (χ4v) is 2.35. The van der Waals surface area contributed by atoms with Gasteiger partial charge in [-0.3, -0.25) is 0 Å². The van der Waals surface area contributed by atoms with Crippen LogP contribution < -0.4 is 10.2 Å². The molecule has 1 atom stereocenters. The highest BCUT2D eigenvalue weighted by molar-refractivity contribution is 5.47. The molecule has 0 fully saturated rings. The average Bonchev–Trinajstić information content (AvgIpc) is 2.37. The molecule has 0 aliphatic carbocycles. The molecule has 0 amide bonds. The van der Waals surface area contributed by atoms with Gasteiger partial charge < -0.3 is 10.2 Å². The standard InChI is InChI=1S/C17H30N2/c1-7-18-15(4)17(5,6)13-19(8-2)16-11-9-14(3)10-12-16/h9-12,15,18H,7-8,13H2,1-6H3. The molecule has 0 aliphatic rings. The van der Waals surface area contributed by atoms with Gasteiger partial charge in [0.25, 0.3) is 0 Å². The van der Waals surface area contributed by atoms with Crippen molar-refractivity contribution in [3.8, 4) is 0 Å². The van der Waals surface area contributed by atoms with Crippen molar-refractivity contribution in [2.45, 2.75) is 47.6 Å². The van der Waals surface area contributed by atoms with Gasteiger partial charge in [0.1, 0.15) is 0 Å². The monoisotopic (exact) mass is 262 g/mol. The lowest BCUT2D eigenvalue weighted by atomic mass is 9.84. The molecule has 0 bridgehead atoms. The summed E-state index contributed by atoms with van der Waals surface area (Å²) in [6.45, 7) is 16.7. The number of hydrogen-bond acceptors (Lipinski definition) is 2. The third-order valence-corrected chi connectivity index (χ3v) is 4.06. The van der Waals surface area contributed by atoms with Crippen molar-refractivity contribution in [2.24, 2.45) is 5.41 Å². The maximum atomic E-state index is 3.55. The Morgan fingerprint density at radius 3 is 2.21 bits per heavy atom. The number of nitrogens with one attached hydrogen (secondary N) is 1. The molecule has 0 saturated heterocycles. The minimum absolute atomic E-state index is 0.247. The Kier molecular flexibility index (Phi) is 5.86. The number of benzene rings is 1. The zero-order valence-corrected chi connectivity index (χ0v) is 13.5. The van der Waals surface area contributed by atoms with Crippen molar-refractivity contribution < 1.29 is 0 Å². The van der Waals surface area contributed by atoms with E-state index in [9.17, 15) is 0 Å². The number of aryl methyl sites for hydroxylation is 1. The van der Waals surface area contributed by atoms with Crippen molar-refractivity contribution >= 4 is 5.69 Å². The molecular weight excluding hydrogens is 232 g/mol. The zero-order valence-electron chi connectivity index (χ0n) is 13.5. The first-order chi connectivity index (χ1) is 8.90. The Bertz CT molecular complexity index is 367. The van der Waals surface area contributed by atoms with Gasteiger partial charge in [-0.2, -0.15) is 0 Å². The van der Waals surface area contributed by atoms with Crippen LogP contribution in [0.3, 0.4) is 0 Å². The molecule has 0 aliphatic heterocycles. The Balaban J connectivity index is 2.78. The summed E-state index contributed by atoms with van der Waals surface area (Å²) in [5.74, 6) is 0. The molecule has 0 radical (unpaired) electrons. The normalized spacial score (nSPS) is 13.4. The first kappa shape index (κ1) is 16.0. The van der Waals surface area contributed by atoms with E-state index in [0.29, 0.717) is 6.04 Å². The maximum absolute atomic E-state index is 3.55. The lowest BCUT2D eigenvalue weighted by Gasteiger charge is -2.38. The number of nitrogens with zero attached hydrogens (tertiary/aromatic N) is 1. The average molecular weight is 262 g/mol. The highest BCUT2D eigenvalue weighted by atomic mass is 15.1. The number of hydrogen-bond donors (Lipinski definition) is 1. The molecular formula is C17H30N2. The van der Waals surface area contributed by atoms with Gasteiger partial charge in [-0.25, -0.2) is 0 Å². The van der Waals surface area contributed by atoms with Crippen molar-refractivity contribution in [3.05, 3.63) is 29.8 Å². The SMILES string of the molecule is CCNC(C)C(C)(C)CN(CC)c1ccc(C)cc1. The molecule has 19 heavy (non-hydrogen) atoms. The van der Waals surface area contributed by atoms with Crippen molar-refractivity contribution in [2.75, 3.05) is 24.5 Å². The van der Waals surface area contributed by atoms with E-state index in [0.717, 1.165) is 19.6 Å². The van der Waals surface area contributed by atoms with E-state index in [-0.39, 0.29) is 5.41 Å². The van der Waals surface area contributed by atoms with E-state index < -0.39 is 0 Å². The van der Waals surface area contributed by atoms with E-state index >= 15 is 0 Å². The molecule has 1 aromatic carbocycles. The van der Waals surface area contributed by atoms with Gasteiger partial charge >= 0.3 is 0 Å². The lowest BCUT2D eigenvalue weighted by molar-refractivity contribution is 0.264. The fraction of sp³-hybridized carbons (Fsp3) is 0.647. The molecule has 2 nitrogen and oxygen atoms in total. The van der Waals surface area contributed by atoms with Crippen molar-refractivity contribution in [3.63, 3.8) is 0 Å². The molecule has 0 saturated carbocycles. The van der Waals surface area contributed by atoms with E-state index in [2.05, 4.69) is 76.0 Å². The van der Waals surface area contributed by atoms with Crippen LogP contribution in [0.25, 0.3) is 0 Å². The zero-order chi connectivity index (χ0) is 14.5. The predicted molar refractivity (Wildman–Crippen MR) is 86.0 cm³/mol. The first-order valence-electron chi connectivity index (χ1n) is 7.45. The topological polar surface area (TPSA) is 15.3 Å². The first-order valence-corrected chi connectivity index (χ1v) is 7.45. The van der Waals surface area contributed by atoms with Crippen LogP contribution in [0.5, 0.6) is 0 Å². The molecule has 2 heteroatoms. The van der Waals surface area contributed by atoms with Crippen LogP contribution >= 0.6 is 0 Å². The summed E-state index contributed by atoms with van der Waals surface area (Å²) < 4.78 is 0. The van der Waals surface area contributed by atoms with Gasteiger partial charge in [0.05, 0.1) is 0 Å². The van der Waals surface area contributed by atoms with E-state index in [1.165, 1.54) is 11.3 Å². The van der Waals surface area contributed by atoms with Gasteiger partial charge in [0.15, 0.2) is 0 Å². The summed E-state index contributed by atoms with van der Waals surface area (Å²) in [5, 5.41) is 3.55. The smallest absolute Gasteiger partial charge is 0.0366 e. The van der Waals surface area contributed by atoms with Crippen LogP contribution in [0.15, 0.2) is 24.3 Å². The van der Waals surface area contributed by atoms with Crippen LogP contribution in [0.2, 0.25) is 0 Å². The maximum Gasteiger partial charge on any atom is 0.0366 e. The minimum Gasteiger partial charge on any atom is -0.371 e.